The number of hydrogen-bond donors (Lipinski definition) is 0. The zero-order valence-corrected chi connectivity index (χ0v) is 14.0. The second-order valence-corrected chi connectivity index (χ2v) is 7.58. The van der Waals surface area contributed by atoms with Crippen LogP contribution in [0.15, 0.2) is 30.3 Å². The lowest BCUT2D eigenvalue weighted by atomic mass is 10.2. The number of alkyl halides is 1. The molecule has 0 radical (unpaired) electrons. The maximum Gasteiger partial charge on any atom is 0.425 e. The number of cyclic esters (lactones) is 1. The maximum atomic E-state index is 12.6. The molecule has 0 N–H and O–H groups in total. The van der Waals surface area contributed by atoms with Crippen LogP contribution in [-0.4, -0.2) is 67.8 Å². The van der Waals surface area contributed by atoms with Crippen molar-refractivity contribution >= 4 is 33.6 Å². The van der Waals surface area contributed by atoms with Gasteiger partial charge in [-0.3, -0.25) is 0 Å². The van der Waals surface area contributed by atoms with Crippen molar-refractivity contribution in [1.29, 1.82) is 0 Å². The summed E-state index contributed by atoms with van der Waals surface area (Å²) in [4.78, 5) is 13.9. The highest BCUT2D eigenvalue weighted by atomic mass is 35.5. The van der Waals surface area contributed by atoms with Gasteiger partial charge in [0.2, 0.25) is 0 Å². The van der Waals surface area contributed by atoms with Crippen LogP contribution < -0.4 is 4.90 Å². The Balaban J connectivity index is 1.66. The van der Waals surface area contributed by atoms with Crippen molar-refractivity contribution in [3.63, 3.8) is 0 Å². The molecule has 2 fully saturated rings. The van der Waals surface area contributed by atoms with Crippen molar-refractivity contribution in [2.24, 2.45) is 0 Å². The first kappa shape index (κ1) is 16.4. The monoisotopic (exact) mass is 359 g/mol. The van der Waals surface area contributed by atoms with Gasteiger partial charge in [-0.05, 0) is 12.1 Å². The molecule has 9 heteroatoms. The molecule has 7 nitrogen and oxygen atoms in total. The molecule has 0 aliphatic carbocycles. The third-order valence-corrected chi connectivity index (χ3v) is 6.19. The van der Waals surface area contributed by atoms with Gasteiger partial charge in [0.1, 0.15) is 6.10 Å². The largest absolute Gasteiger partial charge is 0.442 e. The molecule has 0 aromatic heterocycles. The van der Waals surface area contributed by atoms with E-state index in [1.54, 1.807) is 0 Å². The van der Waals surface area contributed by atoms with Crippen LogP contribution in [0.25, 0.3) is 0 Å². The van der Waals surface area contributed by atoms with E-state index in [1.165, 1.54) is 4.31 Å². The maximum absolute atomic E-state index is 12.6. The molecule has 2 aliphatic rings. The standard InChI is InChI=1S/C14H18ClN3O4S/c15-10-13-11-18(14(19)22-13)23(20,21)17-8-6-16(7-9-17)12-4-2-1-3-5-12/h1-5,13H,6-11H2. The van der Waals surface area contributed by atoms with Crippen LogP contribution in [0.4, 0.5) is 10.5 Å². The van der Waals surface area contributed by atoms with E-state index in [0.717, 1.165) is 9.99 Å². The molecule has 1 atom stereocenters. The fourth-order valence-electron chi connectivity index (χ4n) is 2.72. The smallest absolute Gasteiger partial charge is 0.425 e. The number of halogens is 1. The van der Waals surface area contributed by atoms with Crippen LogP contribution in [0, 0.1) is 0 Å². The van der Waals surface area contributed by atoms with Gasteiger partial charge in [-0.15, -0.1) is 11.6 Å². The molecule has 1 aromatic carbocycles. The highest BCUT2D eigenvalue weighted by molar-refractivity contribution is 7.87. The predicted octanol–water partition coefficient (Wildman–Crippen LogP) is 1.11. The molecule has 0 spiro atoms. The lowest BCUT2D eigenvalue weighted by Gasteiger charge is -2.36. The summed E-state index contributed by atoms with van der Waals surface area (Å²) in [5.74, 6) is 0.0829. The Morgan fingerprint density at radius 3 is 2.35 bits per heavy atom. The van der Waals surface area contributed by atoms with Crippen molar-refractivity contribution in [2.75, 3.05) is 43.5 Å². The Morgan fingerprint density at radius 1 is 1.13 bits per heavy atom. The lowest BCUT2D eigenvalue weighted by molar-refractivity contribution is 0.145. The van der Waals surface area contributed by atoms with Crippen molar-refractivity contribution in [3.8, 4) is 0 Å². The number of nitrogens with zero attached hydrogens (tertiary/aromatic N) is 3. The minimum Gasteiger partial charge on any atom is -0.442 e. The van der Waals surface area contributed by atoms with Gasteiger partial charge in [-0.25, -0.2) is 4.79 Å². The van der Waals surface area contributed by atoms with E-state index in [4.69, 9.17) is 16.3 Å². The number of para-hydroxylation sites is 1. The third-order valence-electron chi connectivity index (χ3n) is 3.98. The van der Waals surface area contributed by atoms with Crippen molar-refractivity contribution in [3.05, 3.63) is 30.3 Å². The van der Waals surface area contributed by atoms with E-state index in [0.29, 0.717) is 26.2 Å². The summed E-state index contributed by atoms with van der Waals surface area (Å²) in [7, 11) is -3.85. The molecule has 3 rings (SSSR count). The summed E-state index contributed by atoms with van der Waals surface area (Å²) in [5.41, 5.74) is 1.06. The molecule has 23 heavy (non-hydrogen) atoms. The molecule has 1 amide bonds. The quantitative estimate of drug-likeness (QED) is 0.753. The highest BCUT2D eigenvalue weighted by Crippen LogP contribution is 2.22. The van der Waals surface area contributed by atoms with Gasteiger partial charge in [-0.2, -0.15) is 17.0 Å². The molecule has 2 aliphatic heterocycles. The van der Waals surface area contributed by atoms with E-state index in [-0.39, 0.29) is 12.4 Å². The van der Waals surface area contributed by atoms with E-state index in [2.05, 4.69) is 4.90 Å². The average Bonchev–Trinajstić information content (AvgIpc) is 2.97. The zero-order chi connectivity index (χ0) is 16.4. The number of rotatable bonds is 4. The van der Waals surface area contributed by atoms with E-state index in [9.17, 15) is 13.2 Å². The fourth-order valence-corrected chi connectivity index (χ4v) is 4.37. The second kappa shape index (κ2) is 6.54. The molecule has 126 valence electrons. The van der Waals surface area contributed by atoms with Crippen LogP contribution in [0.2, 0.25) is 0 Å². The normalized spacial score (nSPS) is 23.2. The first-order valence-electron chi connectivity index (χ1n) is 7.37. The Bertz CT molecular complexity index is 662. The van der Waals surface area contributed by atoms with Crippen molar-refractivity contribution in [1.82, 2.24) is 8.61 Å². The van der Waals surface area contributed by atoms with Crippen LogP contribution in [-0.2, 0) is 14.9 Å². The summed E-state index contributed by atoms with van der Waals surface area (Å²) in [5, 5.41) is 0. The molecule has 2 heterocycles. The minimum atomic E-state index is -3.85. The highest BCUT2D eigenvalue weighted by Gasteiger charge is 2.42. The predicted molar refractivity (Wildman–Crippen MR) is 86.8 cm³/mol. The summed E-state index contributed by atoms with van der Waals surface area (Å²) < 4.78 is 32.2. The number of ether oxygens (including phenoxy) is 1. The van der Waals surface area contributed by atoms with Gasteiger partial charge >= 0.3 is 16.3 Å². The summed E-state index contributed by atoms with van der Waals surface area (Å²) >= 11 is 5.64. The molecular formula is C14H18ClN3O4S. The Morgan fingerprint density at radius 2 is 1.78 bits per heavy atom. The summed E-state index contributed by atoms with van der Waals surface area (Å²) in [6.45, 7) is 1.78. The Labute approximate surface area is 140 Å². The van der Waals surface area contributed by atoms with Crippen LogP contribution in [0.5, 0.6) is 0 Å². The number of carbonyl (C=O) groups excluding carboxylic acids is 1. The molecule has 2 saturated heterocycles. The second-order valence-electron chi connectivity index (χ2n) is 5.42. The SMILES string of the molecule is O=C1OC(CCl)CN1S(=O)(=O)N1CCN(c2ccccc2)CC1. The number of anilines is 1. The van der Waals surface area contributed by atoms with Gasteiger partial charge < -0.3 is 9.64 Å². The first-order valence-corrected chi connectivity index (χ1v) is 9.30. The fraction of sp³-hybridized carbons (Fsp3) is 0.500. The van der Waals surface area contributed by atoms with Gasteiger partial charge in [0.05, 0.1) is 12.4 Å². The Kier molecular flexibility index (Phi) is 4.65. The van der Waals surface area contributed by atoms with Crippen LogP contribution in [0.1, 0.15) is 0 Å². The number of amides is 1. The molecule has 1 unspecified atom stereocenters. The number of benzene rings is 1. The van der Waals surface area contributed by atoms with Gasteiger partial charge in [0.15, 0.2) is 0 Å². The topological polar surface area (TPSA) is 70.2 Å². The number of carbonyl (C=O) groups is 1. The number of hydrogen-bond acceptors (Lipinski definition) is 5. The van der Waals surface area contributed by atoms with Gasteiger partial charge in [-0.1, -0.05) is 18.2 Å². The molecule has 0 saturated carbocycles. The van der Waals surface area contributed by atoms with E-state index < -0.39 is 22.4 Å². The third kappa shape index (κ3) is 3.24. The van der Waals surface area contributed by atoms with E-state index in [1.807, 2.05) is 30.3 Å². The van der Waals surface area contributed by atoms with Crippen molar-refractivity contribution in [2.45, 2.75) is 6.10 Å². The molecule has 0 bridgehead atoms. The molecular weight excluding hydrogens is 342 g/mol. The first-order chi connectivity index (χ1) is 11.0. The molecule has 1 aromatic rings. The van der Waals surface area contributed by atoms with Crippen molar-refractivity contribution < 1.29 is 17.9 Å². The summed E-state index contributed by atoms with van der Waals surface area (Å²) in [6, 6.07) is 9.83. The lowest BCUT2D eigenvalue weighted by Crippen LogP contribution is -2.53. The number of piperazine rings is 1. The average molecular weight is 360 g/mol. The van der Waals surface area contributed by atoms with Gasteiger partial charge in [0, 0.05) is 31.9 Å². The van der Waals surface area contributed by atoms with Crippen LogP contribution >= 0.6 is 11.6 Å². The summed E-state index contributed by atoms with van der Waals surface area (Å²) in [6.07, 6.45) is -1.43. The minimum absolute atomic E-state index is 0.0242. The Hall–Kier alpha value is -1.51. The van der Waals surface area contributed by atoms with Crippen LogP contribution in [0.3, 0.4) is 0 Å². The zero-order valence-electron chi connectivity index (χ0n) is 12.5. The van der Waals surface area contributed by atoms with E-state index >= 15 is 0 Å². The van der Waals surface area contributed by atoms with Gasteiger partial charge in [0.25, 0.3) is 0 Å².